The second kappa shape index (κ2) is 7.04. The van der Waals surface area contributed by atoms with Crippen LogP contribution in [0.2, 0.25) is 5.02 Å². The molecular weight excluding hydrogens is 254 g/mol. The molecule has 0 saturated carbocycles. The van der Waals surface area contributed by atoms with Gasteiger partial charge in [0, 0.05) is 11.6 Å². The molecule has 0 spiro atoms. The van der Waals surface area contributed by atoms with Crippen LogP contribution in [0.5, 0.6) is 0 Å². The zero-order valence-corrected chi connectivity index (χ0v) is 11.1. The summed E-state index contributed by atoms with van der Waals surface area (Å²) in [6.45, 7) is 6.08. The van der Waals surface area contributed by atoms with Crippen molar-refractivity contribution in [1.82, 2.24) is 10.7 Å². The summed E-state index contributed by atoms with van der Waals surface area (Å²) in [5, 5.41) is 8.23. The van der Waals surface area contributed by atoms with Gasteiger partial charge in [-0.2, -0.15) is 5.10 Å². The van der Waals surface area contributed by atoms with Crippen LogP contribution < -0.4 is 10.7 Å². The Labute approximate surface area is 112 Å². The molecule has 90 valence electrons. The van der Waals surface area contributed by atoms with Gasteiger partial charge in [-0.15, -0.1) is 6.58 Å². The Hall–Kier alpha value is -1.39. The molecule has 0 aromatic heterocycles. The maximum atomic E-state index is 5.90. The number of hydrazone groups is 1. The summed E-state index contributed by atoms with van der Waals surface area (Å²) in [7, 11) is 0. The Bertz CT molecular complexity index is 443. The van der Waals surface area contributed by atoms with Crippen LogP contribution in [0.3, 0.4) is 0 Å². The highest BCUT2D eigenvalue weighted by Crippen LogP contribution is 2.11. The van der Waals surface area contributed by atoms with E-state index in [4.69, 9.17) is 23.8 Å². The van der Waals surface area contributed by atoms with Crippen LogP contribution in [-0.4, -0.2) is 17.4 Å². The lowest BCUT2D eigenvalue weighted by molar-refractivity contribution is 0.936. The molecule has 0 aliphatic heterocycles. The summed E-state index contributed by atoms with van der Waals surface area (Å²) in [6.07, 6.45) is 1.72. The molecular formula is C12H14ClN3S. The van der Waals surface area contributed by atoms with Gasteiger partial charge in [0.15, 0.2) is 5.11 Å². The number of hydrogen-bond donors (Lipinski definition) is 2. The lowest BCUT2D eigenvalue weighted by Crippen LogP contribution is -2.32. The molecule has 0 heterocycles. The summed E-state index contributed by atoms with van der Waals surface area (Å²) < 4.78 is 0. The lowest BCUT2D eigenvalue weighted by Gasteiger charge is -2.06. The topological polar surface area (TPSA) is 36.4 Å². The maximum absolute atomic E-state index is 5.90. The van der Waals surface area contributed by atoms with Crippen molar-refractivity contribution in [2.24, 2.45) is 5.10 Å². The van der Waals surface area contributed by atoms with E-state index >= 15 is 0 Å². The quantitative estimate of drug-likeness (QED) is 0.381. The maximum Gasteiger partial charge on any atom is 0.187 e. The predicted octanol–water partition coefficient (Wildman–Crippen LogP) is 2.71. The normalized spacial score (nSPS) is 10.8. The molecule has 1 aromatic rings. The molecule has 2 N–H and O–H groups in total. The number of thiocarbonyl (C=S) groups is 1. The highest BCUT2D eigenvalue weighted by molar-refractivity contribution is 7.80. The summed E-state index contributed by atoms with van der Waals surface area (Å²) in [5.74, 6) is 0. The van der Waals surface area contributed by atoms with Gasteiger partial charge in [0.25, 0.3) is 0 Å². The standard InChI is InChI=1S/C12H14ClN3S/c1-3-7-14-12(17)16-15-9(2)10-5-4-6-11(13)8-10/h3-6,8H,1,7H2,2H3,(H2,14,16,17)/b15-9+. The number of halogens is 1. The van der Waals surface area contributed by atoms with Gasteiger partial charge in [0.1, 0.15) is 0 Å². The number of hydrogen-bond acceptors (Lipinski definition) is 2. The van der Waals surface area contributed by atoms with Gasteiger partial charge in [-0.05, 0) is 36.8 Å². The second-order valence-corrected chi connectivity index (χ2v) is 4.16. The average molecular weight is 268 g/mol. The highest BCUT2D eigenvalue weighted by Gasteiger charge is 1.98. The van der Waals surface area contributed by atoms with E-state index < -0.39 is 0 Å². The fraction of sp³-hybridized carbons (Fsp3) is 0.167. The minimum Gasteiger partial charge on any atom is -0.358 e. The summed E-state index contributed by atoms with van der Waals surface area (Å²) in [5.41, 5.74) is 4.52. The van der Waals surface area contributed by atoms with E-state index in [-0.39, 0.29) is 0 Å². The van der Waals surface area contributed by atoms with E-state index in [9.17, 15) is 0 Å². The van der Waals surface area contributed by atoms with Crippen molar-refractivity contribution in [3.8, 4) is 0 Å². The van der Waals surface area contributed by atoms with E-state index in [0.717, 1.165) is 11.3 Å². The highest BCUT2D eigenvalue weighted by atomic mass is 35.5. The van der Waals surface area contributed by atoms with Crippen molar-refractivity contribution >= 4 is 34.6 Å². The Balaban J connectivity index is 2.60. The molecule has 3 nitrogen and oxygen atoms in total. The van der Waals surface area contributed by atoms with E-state index in [2.05, 4.69) is 22.4 Å². The Kier molecular flexibility index (Phi) is 5.66. The molecule has 0 bridgehead atoms. The fourth-order valence-corrected chi connectivity index (χ4v) is 1.44. The van der Waals surface area contributed by atoms with Crippen molar-refractivity contribution < 1.29 is 0 Å². The van der Waals surface area contributed by atoms with Crippen LogP contribution >= 0.6 is 23.8 Å². The molecule has 0 saturated heterocycles. The van der Waals surface area contributed by atoms with Crippen molar-refractivity contribution in [3.05, 3.63) is 47.5 Å². The molecule has 0 amide bonds. The molecule has 1 aromatic carbocycles. The molecule has 0 aliphatic carbocycles. The minimum absolute atomic E-state index is 0.464. The monoisotopic (exact) mass is 267 g/mol. The second-order valence-electron chi connectivity index (χ2n) is 3.32. The number of rotatable bonds is 4. The lowest BCUT2D eigenvalue weighted by atomic mass is 10.1. The molecule has 5 heteroatoms. The van der Waals surface area contributed by atoms with E-state index in [1.807, 2.05) is 31.2 Å². The zero-order valence-electron chi connectivity index (χ0n) is 9.53. The molecule has 0 aliphatic rings. The van der Waals surface area contributed by atoms with Crippen LogP contribution in [0.25, 0.3) is 0 Å². The van der Waals surface area contributed by atoms with Crippen LogP contribution in [-0.2, 0) is 0 Å². The van der Waals surface area contributed by atoms with Gasteiger partial charge in [-0.25, -0.2) is 0 Å². The van der Waals surface area contributed by atoms with Crippen molar-refractivity contribution in [1.29, 1.82) is 0 Å². The van der Waals surface area contributed by atoms with E-state index in [1.165, 1.54) is 0 Å². The number of nitrogens with zero attached hydrogens (tertiary/aromatic N) is 1. The summed E-state index contributed by atoms with van der Waals surface area (Å²) >= 11 is 10.9. The molecule has 0 atom stereocenters. The van der Waals surface area contributed by atoms with Crippen molar-refractivity contribution in [3.63, 3.8) is 0 Å². The van der Waals surface area contributed by atoms with Crippen LogP contribution in [0.1, 0.15) is 12.5 Å². The first kappa shape index (κ1) is 13.7. The number of nitrogens with one attached hydrogen (secondary N) is 2. The van der Waals surface area contributed by atoms with Gasteiger partial charge in [0.2, 0.25) is 0 Å². The van der Waals surface area contributed by atoms with Crippen molar-refractivity contribution in [2.45, 2.75) is 6.92 Å². The third kappa shape index (κ3) is 4.97. The molecule has 0 fully saturated rings. The first-order valence-corrected chi connectivity index (χ1v) is 5.87. The smallest absolute Gasteiger partial charge is 0.187 e. The molecule has 17 heavy (non-hydrogen) atoms. The van der Waals surface area contributed by atoms with E-state index in [0.29, 0.717) is 16.7 Å². The first-order chi connectivity index (χ1) is 8.13. The van der Waals surface area contributed by atoms with E-state index in [1.54, 1.807) is 6.08 Å². The number of benzene rings is 1. The third-order valence-corrected chi connectivity index (χ3v) is 2.45. The zero-order chi connectivity index (χ0) is 12.7. The minimum atomic E-state index is 0.464. The summed E-state index contributed by atoms with van der Waals surface area (Å²) in [4.78, 5) is 0. The van der Waals surface area contributed by atoms with Gasteiger partial charge in [-0.1, -0.05) is 29.8 Å². The van der Waals surface area contributed by atoms with Crippen LogP contribution in [0.15, 0.2) is 42.0 Å². The Morgan fingerprint density at radius 2 is 2.35 bits per heavy atom. The van der Waals surface area contributed by atoms with Crippen molar-refractivity contribution in [2.75, 3.05) is 6.54 Å². The van der Waals surface area contributed by atoms with Gasteiger partial charge in [0.05, 0.1) is 5.71 Å². The van der Waals surface area contributed by atoms with Crippen LogP contribution in [0.4, 0.5) is 0 Å². The fourth-order valence-electron chi connectivity index (χ4n) is 1.12. The summed E-state index contributed by atoms with van der Waals surface area (Å²) in [6, 6.07) is 7.49. The van der Waals surface area contributed by atoms with Gasteiger partial charge < -0.3 is 5.32 Å². The predicted molar refractivity (Wildman–Crippen MR) is 77.6 cm³/mol. The van der Waals surface area contributed by atoms with Gasteiger partial charge in [-0.3, -0.25) is 5.43 Å². The largest absolute Gasteiger partial charge is 0.358 e. The molecule has 1 rings (SSSR count). The molecule has 0 unspecified atom stereocenters. The SMILES string of the molecule is C=CCNC(=S)N/N=C(\C)c1cccc(Cl)c1. The average Bonchev–Trinajstić information content (AvgIpc) is 2.33. The molecule has 0 radical (unpaired) electrons. The van der Waals surface area contributed by atoms with Gasteiger partial charge >= 0.3 is 0 Å². The van der Waals surface area contributed by atoms with Crippen LogP contribution in [0, 0.1) is 0 Å². The first-order valence-electron chi connectivity index (χ1n) is 5.08. The third-order valence-electron chi connectivity index (χ3n) is 1.97. The Morgan fingerprint density at radius 1 is 1.59 bits per heavy atom. The Morgan fingerprint density at radius 3 is 3.00 bits per heavy atom.